The van der Waals surface area contributed by atoms with Gasteiger partial charge in [0.1, 0.15) is 0 Å². The van der Waals surface area contributed by atoms with Crippen LogP contribution in [-0.2, 0) is 0 Å². The van der Waals surface area contributed by atoms with Gasteiger partial charge >= 0.3 is 0 Å². The van der Waals surface area contributed by atoms with E-state index in [1.54, 1.807) is 18.2 Å². The van der Waals surface area contributed by atoms with Gasteiger partial charge in [-0.15, -0.1) is 0 Å². The Morgan fingerprint density at radius 1 is 1.44 bits per heavy atom. The lowest BCUT2D eigenvalue weighted by molar-refractivity contribution is 1.48. The molecule has 0 atom stereocenters. The predicted octanol–water partition coefficient (Wildman–Crippen LogP) is 1.84. The van der Waals surface area contributed by atoms with Gasteiger partial charge in [-0.25, -0.2) is 0 Å². The maximum Gasteiger partial charge on any atom is 0.0727 e. The van der Waals surface area contributed by atoms with Gasteiger partial charge in [-0.1, -0.05) is 11.6 Å². The van der Waals surface area contributed by atoms with Gasteiger partial charge in [0.05, 0.1) is 10.7 Å². The molecule has 0 fully saturated rings. The van der Waals surface area contributed by atoms with Crippen molar-refractivity contribution in [2.75, 3.05) is 5.73 Å². The van der Waals surface area contributed by atoms with Gasteiger partial charge in [-0.05, 0) is 18.2 Å². The van der Waals surface area contributed by atoms with Crippen molar-refractivity contribution in [3.8, 4) is 0 Å². The fourth-order valence-electron chi connectivity index (χ4n) is 0.531. The summed E-state index contributed by atoms with van der Waals surface area (Å²) in [6, 6.07) is 4.77. The fourth-order valence-corrected chi connectivity index (χ4v) is 0.720. The first-order valence-electron chi connectivity index (χ1n) is 2.47. The normalized spacial score (nSPS) is 9.44. The van der Waals surface area contributed by atoms with Crippen LogP contribution in [0.25, 0.3) is 0 Å². The smallest absolute Gasteiger partial charge is 0.0727 e. The molecule has 0 aliphatic carbocycles. The number of nitrogens with one attached hydrogen (secondary N) is 1. The molecular weight excluding hydrogens is 136 g/mol. The minimum Gasteiger partial charge on any atom is -0.399 e. The molecule has 9 heavy (non-hydrogen) atoms. The highest BCUT2D eigenvalue weighted by molar-refractivity contribution is 6.33. The van der Waals surface area contributed by atoms with Crippen LogP contribution in [0.1, 0.15) is 0 Å². The summed E-state index contributed by atoms with van der Waals surface area (Å²) in [4.78, 5) is 0. The Morgan fingerprint density at radius 3 is 2.56 bits per heavy atom. The van der Waals surface area contributed by atoms with Crippen molar-refractivity contribution in [1.82, 2.24) is 5.73 Å². The predicted molar refractivity (Wildman–Crippen MR) is 38.6 cm³/mol. The first kappa shape index (κ1) is 6.23. The van der Waals surface area contributed by atoms with E-state index < -0.39 is 0 Å². The van der Waals surface area contributed by atoms with Crippen molar-refractivity contribution in [3.05, 3.63) is 23.2 Å². The van der Waals surface area contributed by atoms with Crippen LogP contribution in [0.5, 0.6) is 0 Å². The number of anilines is 1. The van der Waals surface area contributed by atoms with E-state index in [4.69, 9.17) is 23.1 Å². The molecule has 0 bridgehead atoms. The molecule has 0 amide bonds. The van der Waals surface area contributed by atoms with Crippen molar-refractivity contribution in [2.24, 2.45) is 0 Å². The molecule has 0 unspecified atom stereocenters. The van der Waals surface area contributed by atoms with Gasteiger partial charge in [-0.3, -0.25) is 5.73 Å². The van der Waals surface area contributed by atoms with Crippen molar-refractivity contribution in [1.29, 1.82) is 0 Å². The molecule has 1 aromatic rings. The molecule has 0 heterocycles. The number of rotatable bonds is 0. The second-order valence-corrected chi connectivity index (χ2v) is 2.15. The van der Waals surface area contributed by atoms with Crippen LogP contribution in [-0.4, -0.2) is 0 Å². The van der Waals surface area contributed by atoms with Gasteiger partial charge in [0.2, 0.25) is 0 Å². The third-order valence-corrected chi connectivity index (χ3v) is 1.31. The van der Waals surface area contributed by atoms with E-state index >= 15 is 0 Å². The molecule has 0 saturated carbocycles. The van der Waals surface area contributed by atoms with Crippen LogP contribution in [0.15, 0.2) is 18.2 Å². The minimum absolute atomic E-state index is 0.311. The van der Waals surface area contributed by atoms with Gasteiger partial charge in [0, 0.05) is 5.69 Å². The monoisotopic (exact) mass is 141 g/mol. The molecule has 1 radical (unpaired) electrons. The highest BCUT2D eigenvalue weighted by Gasteiger charge is 1.93. The number of halogens is 1. The maximum atomic E-state index is 7.13. The van der Waals surface area contributed by atoms with E-state index in [9.17, 15) is 0 Å². The van der Waals surface area contributed by atoms with E-state index in [-0.39, 0.29) is 0 Å². The largest absolute Gasteiger partial charge is 0.399 e. The molecule has 0 saturated heterocycles. The Labute approximate surface area is 58.4 Å². The first-order chi connectivity index (χ1) is 4.20. The lowest BCUT2D eigenvalue weighted by atomic mass is 10.3. The molecular formula is C6H6ClN2. The molecule has 0 spiro atoms. The zero-order valence-electron chi connectivity index (χ0n) is 4.69. The van der Waals surface area contributed by atoms with E-state index in [0.29, 0.717) is 16.4 Å². The summed E-state index contributed by atoms with van der Waals surface area (Å²) in [5.41, 5.74) is 13.4. The van der Waals surface area contributed by atoms with Gasteiger partial charge < -0.3 is 5.73 Å². The van der Waals surface area contributed by atoms with Crippen LogP contribution in [0.4, 0.5) is 11.4 Å². The van der Waals surface area contributed by atoms with E-state index in [1.807, 2.05) is 0 Å². The Kier molecular flexibility index (Phi) is 1.49. The number of nitrogen functional groups attached to an aromatic ring is 1. The highest BCUT2D eigenvalue weighted by Crippen LogP contribution is 2.21. The quantitative estimate of drug-likeness (QED) is 0.551. The Hall–Kier alpha value is -0.890. The highest BCUT2D eigenvalue weighted by atomic mass is 35.5. The molecule has 2 nitrogen and oxygen atoms in total. The average molecular weight is 142 g/mol. The van der Waals surface area contributed by atoms with Gasteiger partial charge in [0.15, 0.2) is 0 Å². The number of nitrogens with two attached hydrogens (primary N) is 1. The Morgan fingerprint density at radius 2 is 2.11 bits per heavy atom. The molecule has 0 aromatic heterocycles. The lowest BCUT2D eigenvalue weighted by Crippen LogP contribution is -1.83. The lowest BCUT2D eigenvalue weighted by Gasteiger charge is -1.95. The maximum absolute atomic E-state index is 7.13. The van der Waals surface area contributed by atoms with Crippen LogP contribution in [0.3, 0.4) is 0 Å². The van der Waals surface area contributed by atoms with E-state index in [2.05, 4.69) is 0 Å². The SMILES string of the molecule is [NH]c1ccc(N)cc1Cl. The molecule has 47 valence electrons. The van der Waals surface area contributed by atoms with Gasteiger partial charge in [0.25, 0.3) is 0 Å². The van der Waals surface area contributed by atoms with Crippen molar-refractivity contribution < 1.29 is 0 Å². The molecule has 1 aromatic carbocycles. The van der Waals surface area contributed by atoms with Crippen molar-refractivity contribution in [3.63, 3.8) is 0 Å². The number of benzene rings is 1. The van der Waals surface area contributed by atoms with Crippen molar-refractivity contribution in [2.45, 2.75) is 0 Å². The Balaban J connectivity index is 3.17. The third kappa shape index (κ3) is 1.27. The van der Waals surface area contributed by atoms with Crippen LogP contribution in [0.2, 0.25) is 5.02 Å². The molecule has 3 heteroatoms. The van der Waals surface area contributed by atoms with Crippen LogP contribution in [0, 0.1) is 0 Å². The number of hydrogen-bond donors (Lipinski definition) is 1. The second-order valence-electron chi connectivity index (χ2n) is 1.74. The number of hydrogen-bond acceptors (Lipinski definition) is 1. The second kappa shape index (κ2) is 2.15. The fraction of sp³-hybridized carbons (Fsp3) is 0. The topological polar surface area (TPSA) is 49.8 Å². The summed E-state index contributed by atoms with van der Waals surface area (Å²) in [7, 11) is 0. The van der Waals surface area contributed by atoms with E-state index in [0.717, 1.165) is 0 Å². The molecule has 1 rings (SSSR count). The summed E-state index contributed by atoms with van der Waals surface area (Å²) in [6.45, 7) is 0. The Bertz CT molecular complexity index is 222. The van der Waals surface area contributed by atoms with E-state index in [1.165, 1.54) is 0 Å². The summed E-state index contributed by atoms with van der Waals surface area (Å²) >= 11 is 5.55. The minimum atomic E-state index is 0.311. The van der Waals surface area contributed by atoms with Crippen molar-refractivity contribution >= 4 is 23.0 Å². The summed E-state index contributed by atoms with van der Waals surface area (Å²) in [5.74, 6) is 0. The average Bonchev–Trinajstić information content (AvgIpc) is 1.80. The molecule has 3 N–H and O–H groups in total. The standard InChI is InChI=1S/C6H6ClN2/c7-5-3-4(8)1-2-6(5)9/h1-3,9H,8H2. The zero-order valence-corrected chi connectivity index (χ0v) is 5.44. The third-order valence-electron chi connectivity index (χ3n) is 0.993. The molecule has 0 aliphatic rings. The molecule has 0 aliphatic heterocycles. The van der Waals surface area contributed by atoms with Crippen LogP contribution < -0.4 is 11.5 Å². The van der Waals surface area contributed by atoms with Crippen LogP contribution >= 0.6 is 11.6 Å². The summed E-state index contributed by atoms with van der Waals surface area (Å²) in [5, 5.41) is 0.398. The zero-order chi connectivity index (χ0) is 6.85. The summed E-state index contributed by atoms with van der Waals surface area (Å²) in [6.07, 6.45) is 0. The summed E-state index contributed by atoms with van der Waals surface area (Å²) < 4.78 is 0. The van der Waals surface area contributed by atoms with Gasteiger partial charge in [-0.2, -0.15) is 0 Å². The first-order valence-corrected chi connectivity index (χ1v) is 2.84.